The van der Waals surface area contributed by atoms with Crippen LogP contribution in [0.15, 0.2) is 36.9 Å². The molecule has 2 heterocycles. The SMILES string of the molecule is CCC(Cc1ccc(C)cc1)Nc1ncnc2nc[nH]c12. The molecule has 2 N–H and O–H groups in total. The van der Waals surface area contributed by atoms with Gasteiger partial charge in [0.25, 0.3) is 0 Å². The second-order valence-electron chi connectivity index (χ2n) is 5.26. The zero-order chi connectivity index (χ0) is 14.7. The standard InChI is InChI=1S/C16H19N5/c1-3-13(8-12-6-4-11(2)5-7-12)21-16-14-15(18-9-17-14)19-10-20-16/h4-7,9-10,13H,3,8H2,1-2H3,(H2,17,18,19,20,21). The first kappa shape index (κ1) is 13.5. The van der Waals surface area contributed by atoms with E-state index in [1.165, 1.54) is 11.1 Å². The molecule has 0 saturated heterocycles. The molecule has 0 fully saturated rings. The molecule has 0 aliphatic carbocycles. The Morgan fingerprint density at radius 3 is 2.71 bits per heavy atom. The third-order valence-electron chi connectivity index (χ3n) is 3.66. The average Bonchev–Trinajstić information content (AvgIpc) is 2.98. The van der Waals surface area contributed by atoms with Crippen molar-refractivity contribution in [2.24, 2.45) is 0 Å². The third kappa shape index (κ3) is 3.02. The predicted molar refractivity (Wildman–Crippen MR) is 84.3 cm³/mol. The first-order valence-electron chi connectivity index (χ1n) is 7.22. The number of nitrogens with zero attached hydrogens (tertiary/aromatic N) is 3. The van der Waals surface area contributed by atoms with Gasteiger partial charge in [0.1, 0.15) is 11.8 Å². The van der Waals surface area contributed by atoms with Gasteiger partial charge in [-0.25, -0.2) is 15.0 Å². The summed E-state index contributed by atoms with van der Waals surface area (Å²) in [6.07, 6.45) is 5.18. The molecule has 108 valence electrons. The Hall–Kier alpha value is -2.43. The summed E-state index contributed by atoms with van der Waals surface area (Å²) < 4.78 is 0. The van der Waals surface area contributed by atoms with Crippen LogP contribution in [0.25, 0.3) is 11.2 Å². The topological polar surface area (TPSA) is 66.5 Å². The molecule has 0 aliphatic heterocycles. The summed E-state index contributed by atoms with van der Waals surface area (Å²) >= 11 is 0. The van der Waals surface area contributed by atoms with Crippen LogP contribution in [-0.4, -0.2) is 26.0 Å². The Bertz CT molecular complexity index is 717. The molecule has 1 unspecified atom stereocenters. The predicted octanol–water partition coefficient (Wildman–Crippen LogP) is 3.09. The molecule has 1 aromatic carbocycles. The van der Waals surface area contributed by atoms with Crippen molar-refractivity contribution < 1.29 is 0 Å². The van der Waals surface area contributed by atoms with Crippen molar-refractivity contribution >= 4 is 17.0 Å². The summed E-state index contributed by atoms with van der Waals surface area (Å²) in [5.74, 6) is 0.816. The molecule has 3 rings (SSSR count). The average molecular weight is 281 g/mol. The fourth-order valence-electron chi connectivity index (χ4n) is 2.37. The van der Waals surface area contributed by atoms with E-state index in [1.807, 2.05) is 0 Å². The summed E-state index contributed by atoms with van der Waals surface area (Å²) in [4.78, 5) is 15.7. The van der Waals surface area contributed by atoms with Crippen molar-refractivity contribution in [3.05, 3.63) is 48.0 Å². The Balaban J connectivity index is 1.78. The Labute approximate surface area is 123 Å². The zero-order valence-electron chi connectivity index (χ0n) is 12.3. The maximum Gasteiger partial charge on any atom is 0.182 e. The normalized spacial score (nSPS) is 12.5. The van der Waals surface area contributed by atoms with Crippen molar-refractivity contribution in [3.63, 3.8) is 0 Å². The first-order valence-corrected chi connectivity index (χ1v) is 7.22. The van der Waals surface area contributed by atoms with Gasteiger partial charge in [-0.05, 0) is 25.3 Å². The van der Waals surface area contributed by atoms with Crippen molar-refractivity contribution in [3.8, 4) is 0 Å². The molecule has 0 spiro atoms. The summed E-state index contributed by atoms with van der Waals surface area (Å²) in [6.45, 7) is 4.28. The third-order valence-corrected chi connectivity index (χ3v) is 3.66. The van der Waals surface area contributed by atoms with E-state index < -0.39 is 0 Å². The second-order valence-corrected chi connectivity index (χ2v) is 5.26. The molecular formula is C16H19N5. The number of aromatic nitrogens is 4. The van der Waals surface area contributed by atoms with Crippen molar-refractivity contribution in [2.45, 2.75) is 32.7 Å². The van der Waals surface area contributed by atoms with Gasteiger partial charge in [-0.15, -0.1) is 0 Å². The Kier molecular flexibility index (Phi) is 3.81. The van der Waals surface area contributed by atoms with E-state index in [0.29, 0.717) is 11.7 Å². The Morgan fingerprint density at radius 2 is 1.95 bits per heavy atom. The van der Waals surface area contributed by atoms with Gasteiger partial charge in [-0.3, -0.25) is 0 Å². The van der Waals surface area contributed by atoms with E-state index >= 15 is 0 Å². The van der Waals surface area contributed by atoms with E-state index in [-0.39, 0.29) is 0 Å². The van der Waals surface area contributed by atoms with Gasteiger partial charge in [-0.2, -0.15) is 0 Å². The quantitative estimate of drug-likeness (QED) is 0.754. The number of aromatic amines is 1. The fraction of sp³-hybridized carbons (Fsp3) is 0.312. The van der Waals surface area contributed by atoms with Gasteiger partial charge in [0.05, 0.1) is 6.33 Å². The zero-order valence-corrected chi connectivity index (χ0v) is 12.3. The molecule has 0 amide bonds. The van der Waals surface area contributed by atoms with E-state index in [9.17, 15) is 0 Å². The lowest BCUT2D eigenvalue weighted by atomic mass is 10.0. The van der Waals surface area contributed by atoms with E-state index in [1.54, 1.807) is 12.7 Å². The highest BCUT2D eigenvalue weighted by Gasteiger charge is 2.12. The van der Waals surface area contributed by atoms with E-state index in [4.69, 9.17) is 0 Å². The first-order chi connectivity index (χ1) is 10.3. The number of anilines is 1. The number of fused-ring (bicyclic) bond motifs is 1. The molecule has 3 aromatic rings. The molecule has 2 aromatic heterocycles. The van der Waals surface area contributed by atoms with Gasteiger partial charge in [0, 0.05) is 6.04 Å². The van der Waals surface area contributed by atoms with Crippen LogP contribution in [0, 0.1) is 6.92 Å². The maximum atomic E-state index is 4.33. The van der Waals surface area contributed by atoms with Gasteiger partial charge in [0.2, 0.25) is 0 Å². The van der Waals surface area contributed by atoms with Crippen LogP contribution in [0.1, 0.15) is 24.5 Å². The van der Waals surface area contributed by atoms with Crippen LogP contribution < -0.4 is 5.32 Å². The molecule has 0 saturated carbocycles. The molecule has 5 heteroatoms. The highest BCUT2D eigenvalue weighted by Crippen LogP contribution is 2.18. The van der Waals surface area contributed by atoms with Crippen LogP contribution in [-0.2, 0) is 6.42 Å². The molecule has 0 radical (unpaired) electrons. The smallest absolute Gasteiger partial charge is 0.182 e. The van der Waals surface area contributed by atoms with Crippen LogP contribution in [0.4, 0.5) is 5.82 Å². The fourth-order valence-corrected chi connectivity index (χ4v) is 2.37. The number of aryl methyl sites for hydroxylation is 1. The number of benzene rings is 1. The molecule has 0 aliphatic rings. The van der Waals surface area contributed by atoms with Crippen LogP contribution >= 0.6 is 0 Å². The lowest BCUT2D eigenvalue weighted by molar-refractivity contribution is 0.687. The highest BCUT2D eigenvalue weighted by molar-refractivity contribution is 5.82. The number of imidazole rings is 1. The molecule has 1 atom stereocenters. The maximum absolute atomic E-state index is 4.33. The lowest BCUT2D eigenvalue weighted by Crippen LogP contribution is -2.22. The summed E-state index contributed by atoms with van der Waals surface area (Å²) in [5.41, 5.74) is 4.17. The van der Waals surface area contributed by atoms with Gasteiger partial charge < -0.3 is 10.3 Å². The van der Waals surface area contributed by atoms with E-state index in [2.05, 4.69) is 63.4 Å². The van der Waals surface area contributed by atoms with E-state index in [0.717, 1.165) is 24.2 Å². The minimum Gasteiger partial charge on any atom is -0.365 e. The summed E-state index contributed by atoms with van der Waals surface area (Å²) in [5, 5.41) is 3.50. The minimum absolute atomic E-state index is 0.328. The summed E-state index contributed by atoms with van der Waals surface area (Å²) in [7, 11) is 0. The monoisotopic (exact) mass is 281 g/mol. The number of nitrogens with one attached hydrogen (secondary N) is 2. The van der Waals surface area contributed by atoms with Crippen molar-refractivity contribution in [1.29, 1.82) is 0 Å². The highest BCUT2D eigenvalue weighted by atomic mass is 15.1. The number of hydrogen-bond donors (Lipinski definition) is 2. The van der Waals surface area contributed by atoms with Crippen LogP contribution in [0.5, 0.6) is 0 Å². The van der Waals surface area contributed by atoms with Gasteiger partial charge in [-0.1, -0.05) is 36.8 Å². The number of hydrogen-bond acceptors (Lipinski definition) is 4. The number of rotatable bonds is 5. The number of H-pyrrole nitrogens is 1. The van der Waals surface area contributed by atoms with Gasteiger partial charge in [0.15, 0.2) is 11.5 Å². The molecule has 5 nitrogen and oxygen atoms in total. The van der Waals surface area contributed by atoms with Gasteiger partial charge >= 0.3 is 0 Å². The molecular weight excluding hydrogens is 262 g/mol. The summed E-state index contributed by atoms with van der Waals surface area (Å²) in [6, 6.07) is 9.01. The molecule has 21 heavy (non-hydrogen) atoms. The van der Waals surface area contributed by atoms with Crippen LogP contribution in [0.3, 0.4) is 0 Å². The largest absolute Gasteiger partial charge is 0.365 e. The van der Waals surface area contributed by atoms with Crippen molar-refractivity contribution in [1.82, 2.24) is 19.9 Å². The second kappa shape index (κ2) is 5.91. The minimum atomic E-state index is 0.328. The molecule has 0 bridgehead atoms. The lowest BCUT2D eigenvalue weighted by Gasteiger charge is -2.18. The van der Waals surface area contributed by atoms with Crippen molar-refractivity contribution in [2.75, 3.05) is 5.32 Å². The van der Waals surface area contributed by atoms with Crippen LogP contribution in [0.2, 0.25) is 0 Å². The Morgan fingerprint density at radius 1 is 1.14 bits per heavy atom.